The van der Waals surface area contributed by atoms with Gasteiger partial charge in [0.15, 0.2) is 17.3 Å². The van der Waals surface area contributed by atoms with Gasteiger partial charge in [-0.3, -0.25) is 0 Å². The Kier molecular flexibility index (Phi) is 4.87. The molecule has 0 saturated heterocycles. The van der Waals surface area contributed by atoms with Gasteiger partial charge in [-0.25, -0.2) is 4.79 Å². The molecule has 2 heterocycles. The maximum atomic E-state index is 11.9. The number of methoxy groups -OCH3 is 2. The number of ether oxygens (including phenoxy) is 2. The molecule has 5 rings (SSSR count). The zero-order valence-corrected chi connectivity index (χ0v) is 17.4. The number of aromatic nitrogens is 4. The van der Waals surface area contributed by atoms with E-state index >= 15 is 0 Å². The minimum Gasteiger partial charge on any atom is -0.497 e. The van der Waals surface area contributed by atoms with Crippen LogP contribution in [-0.4, -0.2) is 40.0 Å². The van der Waals surface area contributed by atoms with Crippen LogP contribution in [-0.2, 0) is 4.74 Å². The first-order valence-electron chi connectivity index (χ1n) is 9.92. The summed E-state index contributed by atoms with van der Waals surface area (Å²) >= 11 is 0. The summed E-state index contributed by atoms with van der Waals surface area (Å²) in [5, 5.41) is 18.7. The van der Waals surface area contributed by atoms with Gasteiger partial charge in [-0.05, 0) is 42.5 Å². The van der Waals surface area contributed by atoms with Crippen LogP contribution in [0.3, 0.4) is 0 Å². The summed E-state index contributed by atoms with van der Waals surface area (Å²) in [7, 11) is 2.99. The molecular formula is C24H19N5O3. The first-order chi connectivity index (χ1) is 15.7. The molecule has 0 spiro atoms. The predicted octanol–water partition coefficient (Wildman–Crippen LogP) is 4.48. The number of esters is 1. The number of anilines is 2. The van der Waals surface area contributed by atoms with E-state index in [0.29, 0.717) is 28.5 Å². The molecule has 0 bridgehead atoms. The average molecular weight is 425 g/mol. The first-order valence-corrected chi connectivity index (χ1v) is 9.92. The minimum absolute atomic E-state index is 0.400. The Bertz CT molecular complexity index is 1440. The number of hydrogen-bond acceptors (Lipinski definition) is 7. The fraction of sp³-hybridized carbons (Fsp3) is 0.0833. The van der Waals surface area contributed by atoms with Gasteiger partial charge in [0.25, 0.3) is 0 Å². The van der Waals surface area contributed by atoms with E-state index in [9.17, 15) is 4.79 Å². The average Bonchev–Trinajstić information content (AvgIpc) is 3.28. The van der Waals surface area contributed by atoms with E-state index in [1.165, 1.54) is 7.11 Å². The van der Waals surface area contributed by atoms with E-state index < -0.39 is 5.97 Å². The Morgan fingerprint density at radius 1 is 0.906 bits per heavy atom. The van der Waals surface area contributed by atoms with Crippen molar-refractivity contribution in [2.75, 3.05) is 19.5 Å². The number of benzene rings is 3. The molecule has 0 aliphatic heterocycles. The highest BCUT2D eigenvalue weighted by Crippen LogP contribution is 2.30. The van der Waals surface area contributed by atoms with E-state index in [1.807, 2.05) is 54.6 Å². The predicted molar refractivity (Wildman–Crippen MR) is 121 cm³/mol. The Labute approximate surface area is 183 Å². The highest BCUT2D eigenvalue weighted by molar-refractivity contribution is 6.01. The summed E-state index contributed by atoms with van der Waals surface area (Å²) in [6, 6.07) is 22.5. The zero-order valence-electron chi connectivity index (χ0n) is 17.4. The van der Waals surface area contributed by atoms with Crippen molar-refractivity contribution in [1.29, 1.82) is 0 Å². The van der Waals surface area contributed by atoms with Crippen molar-refractivity contribution in [3.8, 4) is 17.1 Å². The molecule has 5 aromatic rings. The minimum atomic E-state index is -0.400. The van der Waals surface area contributed by atoms with Gasteiger partial charge in [-0.15, -0.1) is 15.3 Å². The normalized spacial score (nSPS) is 10.9. The number of nitrogens with one attached hydrogen (secondary N) is 1. The van der Waals surface area contributed by atoms with Crippen molar-refractivity contribution in [1.82, 2.24) is 19.8 Å². The van der Waals surface area contributed by atoms with Crippen LogP contribution in [0.2, 0.25) is 0 Å². The number of carbonyl (C=O) groups excluding carboxylic acids is 1. The zero-order chi connectivity index (χ0) is 22.1. The smallest absolute Gasteiger partial charge is 0.337 e. The molecule has 8 heteroatoms. The molecule has 8 nitrogen and oxygen atoms in total. The maximum absolute atomic E-state index is 11.9. The number of fused-ring (bicyclic) bond motifs is 3. The lowest BCUT2D eigenvalue weighted by Gasteiger charge is -2.11. The lowest BCUT2D eigenvalue weighted by Crippen LogP contribution is -2.04. The molecule has 158 valence electrons. The molecule has 0 amide bonds. The second-order valence-electron chi connectivity index (χ2n) is 7.08. The van der Waals surface area contributed by atoms with Crippen molar-refractivity contribution in [3.63, 3.8) is 0 Å². The number of nitrogens with zero attached hydrogens (tertiary/aromatic N) is 4. The fourth-order valence-corrected chi connectivity index (χ4v) is 3.57. The quantitative estimate of drug-likeness (QED) is 0.415. The Morgan fingerprint density at radius 2 is 1.69 bits per heavy atom. The van der Waals surface area contributed by atoms with Crippen molar-refractivity contribution in [3.05, 3.63) is 78.4 Å². The Morgan fingerprint density at radius 3 is 2.44 bits per heavy atom. The summed E-state index contributed by atoms with van der Waals surface area (Å²) in [5.41, 5.74) is 2.68. The van der Waals surface area contributed by atoms with Crippen LogP contribution in [0.1, 0.15) is 10.4 Å². The largest absolute Gasteiger partial charge is 0.497 e. The summed E-state index contributed by atoms with van der Waals surface area (Å²) in [6.07, 6.45) is 0. The molecule has 3 aromatic carbocycles. The molecule has 0 aliphatic carbocycles. The van der Waals surface area contributed by atoms with E-state index in [0.717, 1.165) is 22.1 Å². The highest BCUT2D eigenvalue weighted by Gasteiger charge is 2.16. The van der Waals surface area contributed by atoms with Gasteiger partial charge >= 0.3 is 5.97 Å². The van der Waals surface area contributed by atoms with Crippen LogP contribution in [0.15, 0.2) is 72.8 Å². The molecule has 2 aromatic heterocycles. The Balaban J connectivity index is 1.65. The van der Waals surface area contributed by atoms with Gasteiger partial charge in [0.1, 0.15) is 5.75 Å². The first kappa shape index (κ1) is 19.5. The van der Waals surface area contributed by atoms with Gasteiger partial charge in [-0.1, -0.05) is 30.3 Å². The molecule has 0 fully saturated rings. The van der Waals surface area contributed by atoms with Crippen LogP contribution in [0.4, 0.5) is 11.5 Å². The standard InChI is InChI=1S/C24H19N5O3/c1-31-18-12-10-15(11-13-18)22-26-27-23-20-9-4-3-8-19(20)21(28-29(22)23)25-17-7-5-6-16(14-17)24(30)32-2/h3-14H,1-2H3,(H,25,28). The van der Waals surface area contributed by atoms with Crippen molar-refractivity contribution in [2.24, 2.45) is 0 Å². The van der Waals surface area contributed by atoms with Crippen molar-refractivity contribution in [2.45, 2.75) is 0 Å². The van der Waals surface area contributed by atoms with E-state index in [2.05, 4.69) is 15.5 Å². The second-order valence-corrected chi connectivity index (χ2v) is 7.08. The molecule has 0 unspecified atom stereocenters. The fourth-order valence-electron chi connectivity index (χ4n) is 3.57. The molecule has 0 saturated carbocycles. The molecule has 32 heavy (non-hydrogen) atoms. The third-order valence-corrected chi connectivity index (χ3v) is 5.16. The molecule has 0 aliphatic rings. The van der Waals surface area contributed by atoms with Crippen LogP contribution < -0.4 is 10.1 Å². The van der Waals surface area contributed by atoms with Crippen molar-refractivity contribution < 1.29 is 14.3 Å². The molecule has 0 atom stereocenters. The third-order valence-electron chi connectivity index (χ3n) is 5.16. The molecule has 1 N–H and O–H groups in total. The topological polar surface area (TPSA) is 90.6 Å². The SMILES string of the molecule is COC(=O)c1cccc(Nc2nn3c(-c4ccc(OC)cc4)nnc3c3ccccc23)c1. The van der Waals surface area contributed by atoms with Gasteiger partial charge in [0.2, 0.25) is 0 Å². The van der Waals surface area contributed by atoms with Crippen LogP contribution in [0.5, 0.6) is 5.75 Å². The number of carbonyl (C=O) groups is 1. The summed E-state index contributed by atoms with van der Waals surface area (Å²) in [4.78, 5) is 11.9. The monoisotopic (exact) mass is 425 g/mol. The van der Waals surface area contributed by atoms with Gasteiger partial charge in [-0.2, -0.15) is 4.52 Å². The third kappa shape index (κ3) is 3.37. The van der Waals surface area contributed by atoms with Crippen LogP contribution in [0, 0.1) is 0 Å². The van der Waals surface area contributed by atoms with Crippen LogP contribution >= 0.6 is 0 Å². The number of hydrogen-bond donors (Lipinski definition) is 1. The van der Waals surface area contributed by atoms with E-state index in [4.69, 9.17) is 14.6 Å². The highest BCUT2D eigenvalue weighted by atomic mass is 16.5. The Hall–Kier alpha value is -4.46. The van der Waals surface area contributed by atoms with Gasteiger partial charge < -0.3 is 14.8 Å². The van der Waals surface area contributed by atoms with Crippen molar-refractivity contribution >= 4 is 33.9 Å². The van der Waals surface area contributed by atoms with E-state index in [-0.39, 0.29) is 0 Å². The summed E-state index contributed by atoms with van der Waals surface area (Å²) in [5.74, 6) is 1.58. The summed E-state index contributed by atoms with van der Waals surface area (Å²) < 4.78 is 11.8. The lowest BCUT2D eigenvalue weighted by molar-refractivity contribution is 0.0601. The summed E-state index contributed by atoms with van der Waals surface area (Å²) in [6.45, 7) is 0. The second kappa shape index (κ2) is 7.99. The van der Waals surface area contributed by atoms with Gasteiger partial charge in [0.05, 0.1) is 19.8 Å². The lowest BCUT2D eigenvalue weighted by atomic mass is 10.1. The van der Waals surface area contributed by atoms with Gasteiger partial charge in [0, 0.05) is 22.0 Å². The molecular weight excluding hydrogens is 406 g/mol. The van der Waals surface area contributed by atoms with Crippen LogP contribution in [0.25, 0.3) is 27.8 Å². The molecule has 0 radical (unpaired) electrons. The number of rotatable bonds is 5. The van der Waals surface area contributed by atoms with E-state index in [1.54, 1.807) is 29.8 Å². The maximum Gasteiger partial charge on any atom is 0.337 e.